The van der Waals surface area contributed by atoms with E-state index in [2.05, 4.69) is 73.9 Å². The number of hydrogen-bond donors (Lipinski definition) is 0. The predicted molar refractivity (Wildman–Crippen MR) is 119 cm³/mol. The summed E-state index contributed by atoms with van der Waals surface area (Å²) < 4.78 is 7.66. The van der Waals surface area contributed by atoms with E-state index in [9.17, 15) is 0 Å². The van der Waals surface area contributed by atoms with Gasteiger partial charge in [0.05, 0.1) is 6.20 Å². The van der Waals surface area contributed by atoms with Crippen molar-refractivity contribution < 1.29 is 4.74 Å². The maximum absolute atomic E-state index is 5.81. The third-order valence-corrected chi connectivity index (χ3v) is 6.77. The molecular weight excluding hydrogens is 366 g/mol. The van der Waals surface area contributed by atoms with E-state index in [0.717, 1.165) is 40.0 Å². The molecule has 0 saturated heterocycles. The molecule has 0 unspecified atom stereocenters. The van der Waals surface area contributed by atoms with Crippen LogP contribution in [0.1, 0.15) is 5.56 Å². The Bertz CT molecular complexity index is 1020. The maximum Gasteiger partial charge on any atom is 0.139 e. The fraction of sp³-hybridized carbons (Fsp3) is 0.429. The zero-order valence-electron chi connectivity index (χ0n) is 17.3. The second kappa shape index (κ2) is 7.59. The molecule has 4 nitrogen and oxygen atoms in total. The van der Waals surface area contributed by atoms with E-state index >= 15 is 0 Å². The molecule has 0 bridgehead atoms. The van der Waals surface area contributed by atoms with Gasteiger partial charge < -0.3 is 4.74 Å². The predicted octanol–water partition coefficient (Wildman–Crippen LogP) is 5.13. The monoisotopic (exact) mass is 395 g/mol. The van der Waals surface area contributed by atoms with Gasteiger partial charge in [0.15, 0.2) is 0 Å². The van der Waals surface area contributed by atoms with E-state index < -0.39 is 16.1 Å². The topological polar surface area (TPSA) is 39.9 Å². The molecule has 2 aromatic heterocycles. The molecule has 3 rings (SSSR count). The molecule has 0 atom stereocenters. The number of ether oxygens (including phenoxy) is 1. The first kappa shape index (κ1) is 19.8. The van der Waals surface area contributed by atoms with Crippen molar-refractivity contribution in [1.29, 1.82) is 0 Å². The van der Waals surface area contributed by atoms with E-state index in [1.54, 1.807) is 0 Å². The van der Waals surface area contributed by atoms with Gasteiger partial charge in [0.1, 0.15) is 25.8 Å². The molecule has 0 radical (unpaired) electrons. The summed E-state index contributed by atoms with van der Waals surface area (Å²) >= 11 is 0. The number of aromatic nitrogens is 3. The smallest absolute Gasteiger partial charge is 0.139 e. The average molecular weight is 396 g/mol. The second-order valence-electron chi connectivity index (χ2n) is 9.31. The van der Waals surface area contributed by atoms with Gasteiger partial charge in [-0.2, -0.15) is 5.10 Å². The van der Waals surface area contributed by atoms with Crippen LogP contribution in [0.25, 0.3) is 21.8 Å². The van der Waals surface area contributed by atoms with Gasteiger partial charge in [-0.25, -0.2) is 4.68 Å². The molecule has 0 aliphatic rings. The van der Waals surface area contributed by atoms with Gasteiger partial charge in [0, 0.05) is 37.2 Å². The maximum atomic E-state index is 5.81. The molecular formula is C21H29N3OSi2. The summed E-state index contributed by atoms with van der Waals surface area (Å²) in [7, 11) is -2.44. The highest BCUT2D eigenvalue weighted by molar-refractivity contribution is 6.83. The molecule has 0 fully saturated rings. The van der Waals surface area contributed by atoms with Gasteiger partial charge in [-0.15, -0.1) is 5.54 Å². The van der Waals surface area contributed by atoms with Gasteiger partial charge in [0.2, 0.25) is 0 Å². The minimum Gasteiger partial charge on any atom is -0.360 e. The van der Waals surface area contributed by atoms with Crippen LogP contribution < -0.4 is 0 Å². The van der Waals surface area contributed by atoms with E-state index in [1.165, 1.54) is 0 Å². The van der Waals surface area contributed by atoms with E-state index in [-0.39, 0.29) is 0 Å². The van der Waals surface area contributed by atoms with Crippen molar-refractivity contribution in [2.45, 2.75) is 52.1 Å². The van der Waals surface area contributed by atoms with Gasteiger partial charge in [-0.3, -0.25) is 4.98 Å². The minimum absolute atomic E-state index is 0.474. The molecule has 2 heterocycles. The fourth-order valence-corrected chi connectivity index (χ4v) is 3.94. The van der Waals surface area contributed by atoms with Gasteiger partial charge in [-0.1, -0.05) is 51.3 Å². The third kappa shape index (κ3) is 5.52. The SMILES string of the molecule is C[Si](C)(C)C#Cc1ccc2c(cnc3cn(COCC[Si](C)(C)C)nc32)c1. The van der Waals surface area contributed by atoms with Gasteiger partial charge >= 0.3 is 0 Å². The summed E-state index contributed by atoms with van der Waals surface area (Å²) in [5.41, 5.74) is 6.28. The number of pyridine rings is 1. The van der Waals surface area contributed by atoms with Gasteiger partial charge in [0.25, 0.3) is 0 Å². The molecule has 0 amide bonds. The van der Waals surface area contributed by atoms with Crippen LogP contribution in [0, 0.1) is 11.5 Å². The molecule has 0 aliphatic carbocycles. The van der Waals surface area contributed by atoms with Crippen molar-refractivity contribution in [2.75, 3.05) is 6.61 Å². The van der Waals surface area contributed by atoms with Gasteiger partial charge in [-0.05, 0) is 18.2 Å². The van der Waals surface area contributed by atoms with Crippen molar-refractivity contribution in [2.24, 2.45) is 0 Å². The molecule has 0 spiro atoms. The quantitative estimate of drug-likeness (QED) is 0.342. The Morgan fingerprint density at radius 2 is 1.89 bits per heavy atom. The van der Waals surface area contributed by atoms with Crippen LogP contribution in [-0.2, 0) is 11.5 Å². The lowest BCUT2D eigenvalue weighted by molar-refractivity contribution is 0.0791. The van der Waals surface area contributed by atoms with E-state index in [0.29, 0.717) is 6.73 Å². The lowest BCUT2D eigenvalue weighted by Gasteiger charge is -2.15. The van der Waals surface area contributed by atoms with Crippen LogP contribution in [0.4, 0.5) is 0 Å². The first-order valence-electron chi connectivity index (χ1n) is 9.48. The van der Waals surface area contributed by atoms with Crippen LogP contribution >= 0.6 is 0 Å². The highest BCUT2D eigenvalue weighted by Crippen LogP contribution is 2.23. The summed E-state index contributed by atoms with van der Waals surface area (Å²) in [4.78, 5) is 4.58. The highest BCUT2D eigenvalue weighted by atomic mass is 28.3. The number of rotatable bonds is 5. The molecule has 0 aliphatic heterocycles. The van der Waals surface area contributed by atoms with Crippen molar-refractivity contribution >= 4 is 38.0 Å². The van der Waals surface area contributed by atoms with Crippen molar-refractivity contribution in [3.63, 3.8) is 0 Å². The molecule has 3 aromatic rings. The number of hydrogen-bond acceptors (Lipinski definition) is 3. The van der Waals surface area contributed by atoms with Crippen LogP contribution in [0.3, 0.4) is 0 Å². The number of nitrogens with zero attached hydrogens (tertiary/aromatic N) is 3. The Hall–Kier alpha value is -1.95. The van der Waals surface area contributed by atoms with Crippen molar-refractivity contribution in [3.8, 4) is 11.5 Å². The summed E-state index contributed by atoms with van der Waals surface area (Å²) in [5.74, 6) is 3.32. The fourth-order valence-electron chi connectivity index (χ4n) is 2.66. The Balaban J connectivity index is 1.81. The lowest BCUT2D eigenvalue weighted by Crippen LogP contribution is -2.22. The zero-order chi connectivity index (χ0) is 19.7. The molecule has 0 N–H and O–H groups in total. The van der Waals surface area contributed by atoms with Crippen molar-refractivity contribution in [1.82, 2.24) is 14.8 Å². The summed E-state index contributed by atoms with van der Waals surface area (Å²) in [6.45, 7) is 15.1. The second-order valence-corrected chi connectivity index (χ2v) is 19.7. The van der Waals surface area contributed by atoms with Crippen LogP contribution in [0.2, 0.25) is 45.3 Å². The highest BCUT2D eigenvalue weighted by Gasteiger charge is 2.13. The summed E-state index contributed by atoms with van der Waals surface area (Å²) in [5, 5.41) is 6.89. The van der Waals surface area contributed by atoms with Crippen LogP contribution in [0.5, 0.6) is 0 Å². The minimum atomic E-state index is -1.38. The summed E-state index contributed by atoms with van der Waals surface area (Å²) in [6.07, 6.45) is 3.87. The third-order valence-electron chi connectivity index (χ3n) is 4.19. The molecule has 27 heavy (non-hydrogen) atoms. The zero-order valence-corrected chi connectivity index (χ0v) is 19.3. The Morgan fingerprint density at radius 3 is 2.59 bits per heavy atom. The van der Waals surface area contributed by atoms with Crippen molar-refractivity contribution in [3.05, 3.63) is 36.2 Å². The lowest BCUT2D eigenvalue weighted by atomic mass is 10.1. The molecule has 0 saturated carbocycles. The molecule has 6 heteroatoms. The first-order chi connectivity index (χ1) is 12.6. The molecule has 1 aromatic carbocycles. The Morgan fingerprint density at radius 1 is 1.11 bits per heavy atom. The normalized spacial score (nSPS) is 12.4. The Labute approximate surface area is 164 Å². The number of fused-ring (bicyclic) bond motifs is 3. The number of benzene rings is 1. The average Bonchev–Trinajstić information content (AvgIpc) is 2.98. The van der Waals surface area contributed by atoms with Crippen LogP contribution in [-0.4, -0.2) is 37.5 Å². The largest absolute Gasteiger partial charge is 0.360 e. The van der Waals surface area contributed by atoms with E-state index in [4.69, 9.17) is 9.84 Å². The van der Waals surface area contributed by atoms with Crippen LogP contribution in [0.15, 0.2) is 30.6 Å². The first-order valence-corrected chi connectivity index (χ1v) is 16.7. The summed E-state index contributed by atoms with van der Waals surface area (Å²) in [6, 6.07) is 7.46. The van der Waals surface area contributed by atoms with E-state index in [1.807, 2.05) is 17.1 Å². The Kier molecular flexibility index (Phi) is 5.56. The molecule has 142 valence electrons. The standard InChI is InChI=1S/C21H29N3OSi2/c1-26(2,3)11-9-17-7-8-19-18(13-17)14-22-20-15-24(23-21(19)20)16-25-10-12-27(4,5)6/h7-8,13-15H,10,12,16H2,1-6H3.